The van der Waals surface area contributed by atoms with Gasteiger partial charge >= 0.3 is 5.69 Å². The number of methoxy groups -OCH3 is 2. The van der Waals surface area contributed by atoms with Gasteiger partial charge in [0.05, 0.1) is 20.8 Å². The van der Waals surface area contributed by atoms with E-state index in [1.807, 2.05) is 78.9 Å². The Bertz CT molecular complexity index is 1640. The Morgan fingerprint density at radius 1 is 0.872 bits per heavy atom. The van der Waals surface area contributed by atoms with Gasteiger partial charge < -0.3 is 34.2 Å². The van der Waals surface area contributed by atoms with Gasteiger partial charge in [0.2, 0.25) is 0 Å². The molecule has 1 aliphatic rings. The van der Waals surface area contributed by atoms with Crippen LogP contribution in [0.2, 0.25) is 18.1 Å². The zero-order chi connectivity index (χ0) is 34.0. The van der Waals surface area contributed by atoms with Crippen molar-refractivity contribution in [2.45, 2.75) is 69.0 Å². The molecule has 1 fully saturated rings. The van der Waals surface area contributed by atoms with E-state index in [9.17, 15) is 15.0 Å². The minimum Gasteiger partial charge on any atom is -0.497 e. The Labute approximate surface area is 277 Å². The van der Waals surface area contributed by atoms with Crippen molar-refractivity contribution in [2.75, 3.05) is 26.1 Å². The van der Waals surface area contributed by atoms with Crippen LogP contribution >= 0.6 is 0 Å². The van der Waals surface area contributed by atoms with Crippen LogP contribution in [0, 0.1) is 0 Å². The third kappa shape index (κ3) is 6.72. The number of hydrogen-bond acceptors (Lipinski definition) is 9. The summed E-state index contributed by atoms with van der Waals surface area (Å²) >= 11 is 0. The van der Waals surface area contributed by atoms with E-state index >= 15 is 0 Å². The van der Waals surface area contributed by atoms with Crippen molar-refractivity contribution in [2.24, 2.45) is 0 Å². The Hall–Kier alpha value is -4.00. The summed E-state index contributed by atoms with van der Waals surface area (Å²) in [5, 5.41) is 25.0. The topological polar surface area (TPSA) is 124 Å². The lowest BCUT2D eigenvalue weighted by molar-refractivity contribution is -0.0546. The van der Waals surface area contributed by atoms with Gasteiger partial charge in [-0.25, -0.2) is 4.79 Å². The van der Waals surface area contributed by atoms with Crippen LogP contribution < -0.4 is 20.5 Å². The van der Waals surface area contributed by atoms with Crippen molar-refractivity contribution in [3.05, 3.63) is 118 Å². The molecule has 3 N–H and O–H groups in total. The molecule has 3 aromatic carbocycles. The van der Waals surface area contributed by atoms with Gasteiger partial charge in [-0.3, -0.25) is 4.57 Å². The van der Waals surface area contributed by atoms with Crippen molar-refractivity contribution in [3.63, 3.8) is 0 Å². The van der Waals surface area contributed by atoms with E-state index in [-0.39, 0.29) is 11.6 Å². The van der Waals surface area contributed by atoms with Gasteiger partial charge in [-0.1, -0.05) is 75.4 Å². The molecule has 0 saturated carbocycles. The van der Waals surface area contributed by atoms with Gasteiger partial charge in [-0.05, 0) is 65.2 Å². The van der Waals surface area contributed by atoms with Crippen LogP contribution in [0.15, 0.2) is 95.9 Å². The molecule has 2 heterocycles. The molecule has 0 spiro atoms. The molecule has 1 aromatic heterocycles. The van der Waals surface area contributed by atoms with Gasteiger partial charge in [0.25, 0.3) is 0 Å². The minimum absolute atomic E-state index is 0.129. The lowest BCUT2D eigenvalue weighted by Crippen LogP contribution is -2.50. The predicted molar refractivity (Wildman–Crippen MR) is 184 cm³/mol. The molecule has 47 heavy (non-hydrogen) atoms. The van der Waals surface area contributed by atoms with Crippen LogP contribution in [0.3, 0.4) is 0 Å². The molecule has 1 aliphatic heterocycles. The SMILES string of the molecule is COc1ccc(C(Nc2ccn([C@@H]3O[C@H](CO)[C@@H](O[Si](C)(C)C(C)(C)C)[C@@H]3O)c(=O)n2)(c2ccccc2)c2ccc(OC)cc2)cc1. The number of benzene rings is 3. The molecule has 250 valence electrons. The molecule has 0 aliphatic carbocycles. The van der Waals surface area contributed by atoms with Gasteiger partial charge in [0, 0.05) is 6.20 Å². The number of aliphatic hydroxyl groups is 2. The molecule has 4 aromatic rings. The zero-order valence-electron chi connectivity index (χ0n) is 28.0. The largest absolute Gasteiger partial charge is 0.497 e. The van der Waals surface area contributed by atoms with E-state index in [0.717, 1.165) is 16.7 Å². The summed E-state index contributed by atoms with van der Waals surface area (Å²) in [6, 6.07) is 27.1. The summed E-state index contributed by atoms with van der Waals surface area (Å²) in [5.74, 6) is 1.72. The Kier molecular flexibility index (Phi) is 9.95. The number of nitrogens with one attached hydrogen (secondary N) is 1. The van der Waals surface area contributed by atoms with Gasteiger partial charge in [-0.2, -0.15) is 4.98 Å². The summed E-state index contributed by atoms with van der Waals surface area (Å²) < 4.78 is 24.6. The van der Waals surface area contributed by atoms with E-state index in [1.165, 1.54) is 4.57 Å². The molecular formula is C36H45N3O7Si. The summed E-state index contributed by atoms with van der Waals surface area (Å²) in [6.07, 6.45) is -2.33. The number of rotatable bonds is 11. The number of hydrogen-bond donors (Lipinski definition) is 3. The fourth-order valence-corrected chi connectivity index (χ4v) is 7.04. The molecular weight excluding hydrogens is 614 g/mol. The smallest absolute Gasteiger partial charge is 0.351 e. The second kappa shape index (κ2) is 13.6. The standard InChI is InChI=1S/C36H45N3O7Si/c1-35(2,3)47(6,7)46-32-29(23-40)45-33(31(32)41)39-22-21-30(37-34(39)42)38-36(24-11-9-8-10-12-24,25-13-17-27(43-4)18-14-25)26-15-19-28(44-5)20-16-26/h8-22,29,31-33,40-41H,23H2,1-7H3,(H,37,38,42)/t29-,31+,32-,33-/m1/s1. The van der Waals surface area contributed by atoms with Gasteiger partial charge in [0.1, 0.15) is 41.2 Å². The molecule has 10 nitrogen and oxygen atoms in total. The molecule has 0 bridgehead atoms. The van der Waals surface area contributed by atoms with Crippen molar-refractivity contribution in [1.82, 2.24) is 9.55 Å². The van der Waals surface area contributed by atoms with Crippen LogP contribution in [0.5, 0.6) is 11.5 Å². The second-order valence-corrected chi connectivity index (χ2v) is 18.0. The monoisotopic (exact) mass is 659 g/mol. The quantitative estimate of drug-likeness (QED) is 0.145. The molecule has 4 atom stereocenters. The first-order valence-electron chi connectivity index (χ1n) is 15.7. The van der Waals surface area contributed by atoms with Crippen molar-refractivity contribution in [1.29, 1.82) is 0 Å². The highest BCUT2D eigenvalue weighted by Crippen LogP contribution is 2.42. The van der Waals surface area contributed by atoms with E-state index < -0.39 is 44.1 Å². The van der Waals surface area contributed by atoms with E-state index in [2.05, 4.69) is 44.2 Å². The number of aromatic nitrogens is 2. The van der Waals surface area contributed by atoms with Gasteiger partial charge in [0.15, 0.2) is 14.5 Å². The second-order valence-electron chi connectivity index (χ2n) is 13.3. The molecule has 11 heteroatoms. The Morgan fingerprint density at radius 2 is 1.40 bits per heavy atom. The molecule has 0 radical (unpaired) electrons. The highest BCUT2D eigenvalue weighted by atomic mass is 28.4. The lowest BCUT2D eigenvalue weighted by atomic mass is 9.77. The summed E-state index contributed by atoms with van der Waals surface area (Å²) in [4.78, 5) is 18.1. The van der Waals surface area contributed by atoms with Crippen LogP contribution in [0.4, 0.5) is 5.82 Å². The highest BCUT2D eigenvalue weighted by molar-refractivity contribution is 6.74. The van der Waals surface area contributed by atoms with Gasteiger partial charge in [-0.15, -0.1) is 0 Å². The predicted octanol–water partition coefficient (Wildman–Crippen LogP) is 5.31. The van der Waals surface area contributed by atoms with Crippen LogP contribution in [0.1, 0.15) is 43.7 Å². The van der Waals surface area contributed by atoms with E-state index in [0.29, 0.717) is 17.3 Å². The first-order chi connectivity index (χ1) is 22.3. The number of nitrogens with zero attached hydrogens (tertiary/aromatic N) is 2. The fourth-order valence-electron chi connectivity index (χ4n) is 5.71. The lowest BCUT2D eigenvalue weighted by Gasteiger charge is -2.39. The highest BCUT2D eigenvalue weighted by Gasteiger charge is 2.50. The number of aliphatic hydroxyl groups excluding tert-OH is 2. The Morgan fingerprint density at radius 3 is 1.87 bits per heavy atom. The van der Waals surface area contributed by atoms with Crippen molar-refractivity contribution in [3.8, 4) is 11.5 Å². The Balaban J connectivity index is 1.56. The molecule has 1 saturated heterocycles. The normalized spacial score (nSPS) is 20.2. The minimum atomic E-state index is -2.34. The maximum absolute atomic E-state index is 13.7. The van der Waals surface area contributed by atoms with Crippen LogP contribution in [-0.4, -0.2) is 67.2 Å². The summed E-state index contributed by atoms with van der Waals surface area (Å²) in [5.41, 5.74) is 1.06. The summed E-state index contributed by atoms with van der Waals surface area (Å²) in [7, 11) is 0.903. The number of ether oxygens (including phenoxy) is 3. The number of anilines is 1. The van der Waals surface area contributed by atoms with Crippen molar-refractivity contribution >= 4 is 14.1 Å². The fraction of sp³-hybridized carbons (Fsp3) is 0.389. The molecule has 5 rings (SSSR count). The zero-order valence-corrected chi connectivity index (χ0v) is 29.0. The van der Waals surface area contributed by atoms with Crippen LogP contribution in [0.25, 0.3) is 0 Å². The molecule has 0 unspecified atom stereocenters. The summed E-state index contributed by atoms with van der Waals surface area (Å²) in [6.45, 7) is 10.1. The van der Waals surface area contributed by atoms with E-state index in [4.69, 9.17) is 18.6 Å². The van der Waals surface area contributed by atoms with Crippen LogP contribution in [-0.2, 0) is 14.7 Å². The first-order valence-corrected chi connectivity index (χ1v) is 18.6. The maximum atomic E-state index is 13.7. The van der Waals surface area contributed by atoms with E-state index in [1.54, 1.807) is 26.5 Å². The third-order valence-electron chi connectivity index (χ3n) is 9.40. The third-order valence-corrected chi connectivity index (χ3v) is 13.9. The maximum Gasteiger partial charge on any atom is 0.351 e. The average Bonchev–Trinajstić information content (AvgIpc) is 3.37. The first kappa shape index (κ1) is 34.3. The molecule has 0 amide bonds. The van der Waals surface area contributed by atoms with Crippen molar-refractivity contribution < 1.29 is 28.8 Å². The average molecular weight is 660 g/mol.